The minimum atomic E-state index is 0.267. The number of likely N-dealkylation sites (N-methyl/N-ethyl adjacent to an activating group) is 1. The Morgan fingerprint density at radius 2 is 2.05 bits per heavy atom. The summed E-state index contributed by atoms with van der Waals surface area (Å²) in [6.07, 6.45) is 2.72. The molecule has 0 saturated heterocycles. The third-order valence-electron chi connectivity index (χ3n) is 3.34. The van der Waals surface area contributed by atoms with Crippen molar-refractivity contribution in [3.8, 4) is 0 Å². The summed E-state index contributed by atoms with van der Waals surface area (Å²) >= 11 is 3.42. The van der Waals surface area contributed by atoms with Crippen LogP contribution in [-0.2, 0) is 6.42 Å². The van der Waals surface area contributed by atoms with Gasteiger partial charge >= 0.3 is 0 Å². The number of benzene rings is 1. The molecule has 2 rings (SSSR count). The number of anilines is 1. The highest BCUT2D eigenvalue weighted by molar-refractivity contribution is 9.10. The van der Waals surface area contributed by atoms with Crippen molar-refractivity contribution in [2.45, 2.75) is 12.5 Å². The first-order chi connectivity index (χ1) is 9.60. The number of hydrogen-bond acceptors (Lipinski definition) is 3. The van der Waals surface area contributed by atoms with Gasteiger partial charge in [0.15, 0.2) is 0 Å². The van der Waals surface area contributed by atoms with Gasteiger partial charge in [0, 0.05) is 48.6 Å². The van der Waals surface area contributed by atoms with Crippen molar-refractivity contribution in [1.82, 2.24) is 10.3 Å². The van der Waals surface area contributed by atoms with Gasteiger partial charge in [0.2, 0.25) is 0 Å². The van der Waals surface area contributed by atoms with Gasteiger partial charge in [0.25, 0.3) is 0 Å². The molecule has 4 heteroatoms. The predicted molar refractivity (Wildman–Crippen MR) is 88.2 cm³/mol. The molecule has 1 N–H and O–H groups in total. The van der Waals surface area contributed by atoms with Crippen molar-refractivity contribution in [3.63, 3.8) is 0 Å². The van der Waals surface area contributed by atoms with Crippen molar-refractivity contribution in [2.75, 3.05) is 26.0 Å². The summed E-state index contributed by atoms with van der Waals surface area (Å²) in [4.78, 5) is 6.57. The van der Waals surface area contributed by atoms with Crippen molar-refractivity contribution < 1.29 is 0 Å². The van der Waals surface area contributed by atoms with E-state index in [1.807, 2.05) is 19.3 Å². The quantitative estimate of drug-likeness (QED) is 0.908. The number of aromatic nitrogens is 1. The van der Waals surface area contributed by atoms with E-state index in [0.29, 0.717) is 0 Å². The average Bonchev–Trinajstić information content (AvgIpc) is 2.46. The molecule has 1 aromatic heterocycles. The standard InChI is InChI=1S/C16H20BrN3/c1-18-16(10-14-8-7-13(17)11-19-14)12-5-4-6-15(9-12)20(2)3/h4-9,11,16,18H,10H2,1-3H3. The Labute approximate surface area is 129 Å². The highest BCUT2D eigenvalue weighted by Gasteiger charge is 2.11. The molecular weight excluding hydrogens is 314 g/mol. The number of nitrogens with zero attached hydrogens (tertiary/aromatic N) is 2. The Morgan fingerprint density at radius 1 is 1.25 bits per heavy atom. The Bertz CT molecular complexity index is 552. The van der Waals surface area contributed by atoms with Crippen LogP contribution < -0.4 is 10.2 Å². The summed E-state index contributed by atoms with van der Waals surface area (Å²) in [5.41, 5.74) is 3.58. The molecule has 0 saturated carbocycles. The SMILES string of the molecule is CNC(Cc1ccc(Br)cn1)c1cccc(N(C)C)c1. The molecule has 0 aliphatic carbocycles. The maximum Gasteiger partial charge on any atom is 0.0423 e. The number of halogens is 1. The van der Waals surface area contributed by atoms with Gasteiger partial charge in [-0.15, -0.1) is 0 Å². The maximum absolute atomic E-state index is 4.45. The molecule has 0 radical (unpaired) electrons. The Kier molecular flexibility index (Phi) is 5.15. The minimum absolute atomic E-state index is 0.267. The predicted octanol–water partition coefficient (Wildman–Crippen LogP) is 3.41. The van der Waals surface area contributed by atoms with E-state index in [9.17, 15) is 0 Å². The fourth-order valence-corrected chi connectivity index (χ4v) is 2.38. The summed E-state index contributed by atoms with van der Waals surface area (Å²) in [6.45, 7) is 0. The van der Waals surface area contributed by atoms with Crippen molar-refractivity contribution in [3.05, 3.63) is 58.3 Å². The van der Waals surface area contributed by atoms with Crippen LogP contribution >= 0.6 is 15.9 Å². The number of nitrogens with one attached hydrogen (secondary N) is 1. The lowest BCUT2D eigenvalue weighted by molar-refractivity contribution is 0.584. The van der Waals surface area contributed by atoms with E-state index in [4.69, 9.17) is 0 Å². The lowest BCUT2D eigenvalue weighted by Crippen LogP contribution is -2.20. The monoisotopic (exact) mass is 333 g/mol. The van der Waals surface area contributed by atoms with Gasteiger partial charge in [-0.05, 0) is 52.8 Å². The lowest BCUT2D eigenvalue weighted by atomic mass is 10.0. The average molecular weight is 334 g/mol. The normalized spacial score (nSPS) is 12.2. The smallest absolute Gasteiger partial charge is 0.0423 e. The van der Waals surface area contributed by atoms with E-state index < -0.39 is 0 Å². The third kappa shape index (κ3) is 3.81. The molecule has 0 fully saturated rings. The number of hydrogen-bond donors (Lipinski definition) is 1. The van der Waals surface area contributed by atoms with Crippen LogP contribution in [0.25, 0.3) is 0 Å². The molecule has 20 heavy (non-hydrogen) atoms. The first-order valence-corrected chi connectivity index (χ1v) is 7.44. The van der Waals surface area contributed by atoms with E-state index >= 15 is 0 Å². The Balaban J connectivity index is 2.19. The van der Waals surface area contributed by atoms with Crippen LogP contribution in [0.5, 0.6) is 0 Å². The van der Waals surface area contributed by atoms with Crippen LogP contribution in [0.3, 0.4) is 0 Å². The molecule has 0 amide bonds. The van der Waals surface area contributed by atoms with E-state index in [1.165, 1.54) is 11.3 Å². The fourth-order valence-electron chi connectivity index (χ4n) is 2.14. The van der Waals surface area contributed by atoms with Gasteiger partial charge in [-0.1, -0.05) is 12.1 Å². The van der Waals surface area contributed by atoms with Crippen molar-refractivity contribution >= 4 is 21.6 Å². The molecule has 0 spiro atoms. The Hall–Kier alpha value is -1.39. The summed E-state index contributed by atoms with van der Waals surface area (Å²) in [6, 6.07) is 13.0. The zero-order valence-corrected chi connectivity index (χ0v) is 13.7. The van der Waals surface area contributed by atoms with Crippen LogP contribution in [0, 0.1) is 0 Å². The lowest BCUT2D eigenvalue weighted by Gasteiger charge is -2.19. The van der Waals surface area contributed by atoms with Crippen LogP contribution in [0.15, 0.2) is 47.1 Å². The van der Waals surface area contributed by atoms with Crippen LogP contribution in [-0.4, -0.2) is 26.1 Å². The Morgan fingerprint density at radius 3 is 2.65 bits per heavy atom. The van der Waals surface area contributed by atoms with E-state index in [-0.39, 0.29) is 6.04 Å². The topological polar surface area (TPSA) is 28.2 Å². The second-order valence-corrected chi connectivity index (χ2v) is 5.92. The maximum atomic E-state index is 4.45. The fraction of sp³-hybridized carbons (Fsp3) is 0.312. The number of pyridine rings is 1. The van der Waals surface area contributed by atoms with Gasteiger partial charge in [-0.2, -0.15) is 0 Å². The van der Waals surface area contributed by atoms with Gasteiger partial charge < -0.3 is 10.2 Å². The molecular formula is C16H20BrN3. The minimum Gasteiger partial charge on any atom is -0.378 e. The molecule has 1 heterocycles. The van der Waals surface area contributed by atoms with Crippen LogP contribution in [0.2, 0.25) is 0 Å². The first-order valence-electron chi connectivity index (χ1n) is 6.65. The second kappa shape index (κ2) is 6.86. The summed E-state index contributed by atoms with van der Waals surface area (Å²) in [5.74, 6) is 0. The highest BCUT2D eigenvalue weighted by Crippen LogP contribution is 2.22. The number of rotatable bonds is 5. The van der Waals surface area contributed by atoms with Gasteiger partial charge in [0.1, 0.15) is 0 Å². The molecule has 1 aromatic carbocycles. The molecule has 0 aliphatic rings. The first kappa shape index (κ1) is 15.0. The largest absolute Gasteiger partial charge is 0.378 e. The van der Waals surface area contributed by atoms with Gasteiger partial charge in [-0.3, -0.25) is 4.98 Å². The molecule has 2 aromatic rings. The molecule has 0 bridgehead atoms. The van der Waals surface area contributed by atoms with Crippen LogP contribution in [0.1, 0.15) is 17.3 Å². The third-order valence-corrected chi connectivity index (χ3v) is 3.81. The van der Waals surface area contributed by atoms with E-state index in [1.54, 1.807) is 0 Å². The molecule has 3 nitrogen and oxygen atoms in total. The summed E-state index contributed by atoms with van der Waals surface area (Å²) < 4.78 is 1.01. The molecule has 106 valence electrons. The zero-order chi connectivity index (χ0) is 14.5. The van der Waals surface area contributed by atoms with Crippen molar-refractivity contribution in [2.24, 2.45) is 0 Å². The summed E-state index contributed by atoms with van der Waals surface area (Å²) in [7, 11) is 6.11. The molecule has 0 aliphatic heterocycles. The van der Waals surface area contributed by atoms with Gasteiger partial charge in [0.05, 0.1) is 0 Å². The highest BCUT2D eigenvalue weighted by atomic mass is 79.9. The van der Waals surface area contributed by atoms with E-state index in [0.717, 1.165) is 16.6 Å². The zero-order valence-electron chi connectivity index (χ0n) is 12.1. The second-order valence-electron chi connectivity index (χ2n) is 5.00. The van der Waals surface area contributed by atoms with Gasteiger partial charge in [-0.25, -0.2) is 0 Å². The molecule has 1 atom stereocenters. The van der Waals surface area contributed by atoms with Crippen LogP contribution in [0.4, 0.5) is 5.69 Å². The summed E-state index contributed by atoms with van der Waals surface area (Å²) in [5, 5.41) is 3.38. The molecule has 1 unspecified atom stereocenters. The van der Waals surface area contributed by atoms with E-state index in [2.05, 4.69) is 75.6 Å². The van der Waals surface area contributed by atoms with Crippen molar-refractivity contribution in [1.29, 1.82) is 0 Å².